The fourth-order valence-corrected chi connectivity index (χ4v) is 4.16. The van der Waals surface area contributed by atoms with Crippen LogP contribution in [0.1, 0.15) is 53.7 Å². The third-order valence-electron chi connectivity index (χ3n) is 5.94. The molecule has 31 heavy (non-hydrogen) atoms. The minimum absolute atomic E-state index is 0.219. The summed E-state index contributed by atoms with van der Waals surface area (Å²) in [5, 5.41) is 15.3. The zero-order chi connectivity index (χ0) is 21.6. The van der Waals surface area contributed by atoms with E-state index in [0.717, 1.165) is 55.5 Å². The van der Waals surface area contributed by atoms with Gasteiger partial charge < -0.3 is 15.2 Å². The van der Waals surface area contributed by atoms with E-state index in [-0.39, 0.29) is 11.9 Å². The van der Waals surface area contributed by atoms with Crippen LogP contribution < -0.4 is 20.5 Å². The summed E-state index contributed by atoms with van der Waals surface area (Å²) in [7, 11) is 1.61. The van der Waals surface area contributed by atoms with Crippen LogP contribution >= 0.6 is 0 Å². The highest BCUT2D eigenvalue weighted by Gasteiger charge is 2.24. The molecule has 0 saturated heterocycles. The fourth-order valence-electron chi connectivity index (χ4n) is 4.16. The predicted molar refractivity (Wildman–Crippen MR) is 120 cm³/mol. The largest absolute Gasteiger partial charge is 0.495 e. The molecule has 0 radical (unpaired) electrons. The molecule has 1 aliphatic carbocycles. The molecule has 164 valence electrons. The predicted octanol–water partition coefficient (Wildman–Crippen LogP) is 2.94. The van der Waals surface area contributed by atoms with Crippen LogP contribution in [0.2, 0.25) is 0 Å². The molecule has 0 spiro atoms. The molecule has 2 atom stereocenters. The second-order valence-electron chi connectivity index (χ2n) is 8.13. The number of hydrazine groups is 1. The van der Waals surface area contributed by atoms with Gasteiger partial charge in [0.05, 0.1) is 31.1 Å². The molecule has 4 rings (SSSR count). The molecule has 7 nitrogen and oxygen atoms in total. The van der Waals surface area contributed by atoms with Crippen molar-refractivity contribution in [1.29, 1.82) is 0 Å². The molecule has 0 bridgehead atoms. The summed E-state index contributed by atoms with van der Waals surface area (Å²) in [6.07, 6.45) is 10.4. The zero-order valence-corrected chi connectivity index (χ0v) is 17.9. The van der Waals surface area contributed by atoms with Crippen LogP contribution in [0.3, 0.4) is 0 Å². The van der Waals surface area contributed by atoms with Gasteiger partial charge in [0, 0.05) is 24.7 Å². The number of anilines is 1. The van der Waals surface area contributed by atoms with E-state index in [1.54, 1.807) is 19.4 Å². The molecule has 2 heterocycles. The van der Waals surface area contributed by atoms with E-state index < -0.39 is 6.10 Å². The van der Waals surface area contributed by atoms with Crippen LogP contribution in [-0.2, 0) is 6.42 Å². The lowest BCUT2D eigenvalue weighted by atomic mass is 10.0. The van der Waals surface area contributed by atoms with Gasteiger partial charge in [-0.25, -0.2) is 10.4 Å². The maximum atomic E-state index is 12.8. The van der Waals surface area contributed by atoms with Crippen LogP contribution in [0.5, 0.6) is 5.75 Å². The molecule has 1 fully saturated rings. The van der Waals surface area contributed by atoms with Gasteiger partial charge in [0.25, 0.3) is 5.91 Å². The van der Waals surface area contributed by atoms with Gasteiger partial charge in [-0.1, -0.05) is 37.5 Å². The molecule has 1 aromatic carbocycles. The number of nitrogens with zero attached hydrogens (tertiary/aromatic N) is 2. The van der Waals surface area contributed by atoms with Gasteiger partial charge in [0.2, 0.25) is 0 Å². The summed E-state index contributed by atoms with van der Waals surface area (Å²) in [6, 6.07) is 9.84. The molecule has 0 unspecified atom stereocenters. The Morgan fingerprint density at radius 3 is 2.81 bits per heavy atom. The number of nitrogens with one attached hydrogen (secondary N) is 2. The first-order valence-electron chi connectivity index (χ1n) is 10.9. The zero-order valence-electron chi connectivity index (χ0n) is 17.9. The topological polar surface area (TPSA) is 86.7 Å². The number of aliphatic hydroxyl groups excluding tert-OH is 1. The summed E-state index contributed by atoms with van der Waals surface area (Å²) in [5.74, 6) is 0.399. The summed E-state index contributed by atoms with van der Waals surface area (Å²) in [5.41, 5.74) is 6.68. The number of carbonyl (C=O) groups excluding carboxylic acids is 1. The third-order valence-corrected chi connectivity index (χ3v) is 5.94. The van der Waals surface area contributed by atoms with E-state index in [2.05, 4.69) is 46.1 Å². The number of amides is 1. The van der Waals surface area contributed by atoms with Gasteiger partial charge in [-0.05, 0) is 36.6 Å². The number of ether oxygens (including phenoxy) is 1. The van der Waals surface area contributed by atoms with E-state index >= 15 is 0 Å². The highest BCUT2D eigenvalue weighted by atomic mass is 16.5. The van der Waals surface area contributed by atoms with Gasteiger partial charge in [0.15, 0.2) is 0 Å². The number of hydrogen-bond acceptors (Lipinski definition) is 6. The fraction of sp³-hybridized carbons (Fsp3) is 0.417. The van der Waals surface area contributed by atoms with Crippen molar-refractivity contribution in [1.82, 2.24) is 15.7 Å². The molecule has 7 heteroatoms. The van der Waals surface area contributed by atoms with E-state index in [1.807, 2.05) is 11.2 Å². The Morgan fingerprint density at radius 1 is 1.26 bits per heavy atom. The Kier molecular flexibility index (Phi) is 6.84. The number of benzene rings is 1. The Morgan fingerprint density at radius 2 is 2.06 bits per heavy atom. The second kappa shape index (κ2) is 9.94. The molecule has 2 aromatic rings. The van der Waals surface area contributed by atoms with Gasteiger partial charge >= 0.3 is 0 Å². The first kappa shape index (κ1) is 21.3. The van der Waals surface area contributed by atoms with Crippen molar-refractivity contribution in [2.75, 3.05) is 18.7 Å². The average molecular weight is 423 g/mol. The minimum Gasteiger partial charge on any atom is -0.495 e. The monoisotopic (exact) mass is 422 g/mol. The van der Waals surface area contributed by atoms with Crippen molar-refractivity contribution in [2.45, 2.75) is 50.7 Å². The van der Waals surface area contributed by atoms with E-state index in [4.69, 9.17) is 4.74 Å². The van der Waals surface area contributed by atoms with E-state index in [1.165, 1.54) is 0 Å². The number of carbonyl (C=O) groups is 1. The second-order valence-corrected chi connectivity index (χ2v) is 8.13. The molecule has 3 N–H and O–H groups in total. The number of hydrogen-bond donors (Lipinski definition) is 3. The van der Waals surface area contributed by atoms with Crippen LogP contribution in [0.25, 0.3) is 0 Å². The van der Waals surface area contributed by atoms with Gasteiger partial charge in [0.1, 0.15) is 11.4 Å². The number of pyridine rings is 1. The Bertz CT molecular complexity index is 929. The molecule has 1 aromatic heterocycles. The van der Waals surface area contributed by atoms with Gasteiger partial charge in [-0.2, -0.15) is 0 Å². The van der Waals surface area contributed by atoms with Crippen molar-refractivity contribution >= 4 is 11.6 Å². The normalized spacial score (nSPS) is 21.0. The lowest BCUT2D eigenvalue weighted by Gasteiger charge is -2.21. The molecule has 1 saturated carbocycles. The maximum Gasteiger partial charge on any atom is 0.270 e. The summed E-state index contributed by atoms with van der Waals surface area (Å²) in [4.78, 5) is 17.1. The van der Waals surface area contributed by atoms with Gasteiger partial charge in [-0.15, -0.1) is 0 Å². The highest BCUT2D eigenvalue weighted by Crippen LogP contribution is 2.24. The van der Waals surface area contributed by atoms with Crippen molar-refractivity contribution in [3.05, 3.63) is 65.6 Å². The Labute approximate surface area is 183 Å². The van der Waals surface area contributed by atoms with Crippen molar-refractivity contribution < 1.29 is 14.6 Å². The molecular formula is C24H30N4O3. The summed E-state index contributed by atoms with van der Waals surface area (Å²) < 4.78 is 5.48. The quantitative estimate of drug-likeness (QED) is 0.621. The lowest BCUT2D eigenvalue weighted by Crippen LogP contribution is -2.43. The maximum absolute atomic E-state index is 12.8. The average Bonchev–Trinajstić information content (AvgIpc) is 3.25. The number of aromatic nitrogens is 1. The number of rotatable bonds is 6. The summed E-state index contributed by atoms with van der Waals surface area (Å²) in [6.45, 7) is 0.832. The first-order valence-corrected chi connectivity index (χ1v) is 10.9. The smallest absolute Gasteiger partial charge is 0.270 e. The first-order chi connectivity index (χ1) is 15.1. The third kappa shape index (κ3) is 5.24. The van der Waals surface area contributed by atoms with Gasteiger partial charge in [-0.3, -0.25) is 9.80 Å². The number of aliphatic hydroxyl groups is 1. The molecule has 2 aliphatic rings. The molecule has 1 amide bonds. The molecular weight excluding hydrogens is 392 g/mol. The van der Waals surface area contributed by atoms with E-state index in [9.17, 15) is 9.90 Å². The highest BCUT2D eigenvalue weighted by molar-refractivity contribution is 5.92. The standard InChI is InChI=1S/C24H30N4O3/c1-31-23-16-25-21(24(30)27-20-6-3-2-4-7-22(20)29)15-18(23)14-17-8-10-19(11-9-17)28-13-5-12-26-28/h5,8-11,13,15-16,20,22,26,29H,2-4,6-7,12,14H2,1H3,(H,27,30)/t20-,22-/m0/s1. The lowest BCUT2D eigenvalue weighted by molar-refractivity contribution is 0.0814. The Balaban J connectivity index is 1.48. The SMILES string of the molecule is COc1cnc(C(=O)N[C@H]2CCCCC[C@@H]2O)cc1Cc1ccc(N2C=CCN2)cc1. The Hall–Kier alpha value is -2.90. The molecule has 1 aliphatic heterocycles. The van der Waals surface area contributed by atoms with Crippen LogP contribution in [-0.4, -0.2) is 41.8 Å². The van der Waals surface area contributed by atoms with E-state index in [0.29, 0.717) is 17.9 Å². The van der Waals surface area contributed by atoms with Crippen molar-refractivity contribution in [3.63, 3.8) is 0 Å². The summed E-state index contributed by atoms with van der Waals surface area (Å²) >= 11 is 0. The van der Waals surface area contributed by atoms with Crippen molar-refractivity contribution in [2.24, 2.45) is 0 Å². The van der Waals surface area contributed by atoms with Crippen LogP contribution in [0.4, 0.5) is 5.69 Å². The van der Waals surface area contributed by atoms with Crippen molar-refractivity contribution in [3.8, 4) is 5.75 Å². The number of methoxy groups -OCH3 is 1. The van der Waals surface area contributed by atoms with Crippen LogP contribution in [0.15, 0.2) is 48.8 Å². The van der Waals surface area contributed by atoms with Crippen LogP contribution in [0, 0.1) is 0 Å². The minimum atomic E-state index is -0.498.